The van der Waals surface area contributed by atoms with Gasteiger partial charge in [0.2, 0.25) is 5.91 Å². The first-order chi connectivity index (χ1) is 16.5. The minimum Gasteiger partial charge on any atom is -0.336 e. The third kappa shape index (κ3) is 4.15. The van der Waals surface area contributed by atoms with Crippen LogP contribution in [0.4, 0.5) is 13.2 Å². The van der Waals surface area contributed by atoms with Crippen molar-refractivity contribution in [3.8, 4) is 11.8 Å². The first kappa shape index (κ1) is 23.3. The first-order valence-corrected chi connectivity index (χ1v) is 12.4. The molecule has 2 atom stereocenters. The number of aromatic nitrogens is 2. The summed E-state index contributed by atoms with van der Waals surface area (Å²) >= 11 is 0. The minimum absolute atomic E-state index is 0.123. The molecule has 0 bridgehead atoms. The lowest BCUT2D eigenvalue weighted by Gasteiger charge is -2.18. The molecule has 12 heteroatoms. The van der Waals surface area contributed by atoms with E-state index < -0.39 is 49.2 Å². The molecule has 1 amide bonds. The van der Waals surface area contributed by atoms with E-state index in [-0.39, 0.29) is 18.7 Å². The van der Waals surface area contributed by atoms with Gasteiger partial charge in [0.05, 0.1) is 38.9 Å². The Morgan fingerprint density at radius 1 is 1.23 bits per heavy atom. The monoisotopic (exact) mass is 503 g/mol. The van der Waals surface area contributed by atoms with Gasteiger partial charge in [-0.15, -0.1) is 0 Å². The Kier molecular flexibility index (Phi) is 5.37. The lowest BCUT2D eigenvalue weighted by atomic mass is 10.2. The number of para-hydroxylation sites is 2. The van der Waals surface area contributed by atoms with Gasteiger partial charge in [-0.05, 0) is 49.6 Å². The second kappa shape index (κ2) is 8.07. The van der Waals surface area contributed by atoms with Gasteiger partial charge in [-0.2, -0.15) is 18.4 Å². The van der Waals surface area contributed by atoms with Crippen LogP contribution in [0.3, 0.4) is 0 Å². The molecule has 1 saturated carbocycles. The van der Waals surface area contributed by atoms with E-state index in [1.54, 1.807) is 24.3 Å². The third-order valence-electron chi connectivity index (χ3n) is 6.48. The van der Waals surface area contributed by atoms with Gasteiger partial charge in [0.25, 0.3) is 0 Å². The average molecular weight is 504 g/mol. The van der Waals surface area contributed by atoms with Crippen molar-refractivity contribution in [1.82, 2.24) is 20.2 Å². The van der Waals surface area contributed by atoms with Gasteiger partial charge in [0.1, 0.15) is 11.9 Å². The van der Waals surface area contributed by atoms with Gasteiger partial charge in [-0.3, -0.25) is 9.36 Å². The number of alkyl halides is 3. The summed E-state index contributed by atoms with van der Waals surface area (Å²) in [5.74, 6) is -0.528. The Morgan fingerprint density at radius 2 is 1.97 bits per heavy atom. The van der Waals surface area contributed by atoms with Crippen LogP contribution in [-0.2, 0) is 20.8 Å². The van der Waals surface area contributed by atoms with Crippen molar-refractivity contribution in [2.75, 3.05) is 6.54 Å². The Morgan fingerprint density at radius 3 is 2.66 bits per heavy atom. The number of halogens is 3. The average Bonchev–Trinajstić information content (AvgIpc) is 3.23. The van der Waals surface area contributed by atoms with E-state index in [1.807, 2.05) is 6.07 Å². The first-order valence-electron chi connectivity index (χ1n) is 10.9. The van der Waals surface area contributed by atoms with Crippen LogP contribution >= 0.6 is 0 Å². The fourth-order valence-corrected chi connectivity index (χ4v) is 6.19. The zero-order chi connectivity index (χ0) is 25.0. The highest BCUT2D eigenvalue weighted by Gasteiger charge is 2.48. The molecule has 2 fully saturated rings. The van der Waals surface area contributed by atoms with Crippen molar-refractivity contribution in [3.63, 3.8) is 0 Å². The van der Waals surface area contributed by atoms with Crippen molar-refractivity contribution < 1.29 is 26.4 Å². The van der Waals surface area contributed by atoms with E-state index in [1.165, 1.54) is 17.0 Å². The molecule has 2 aliphatic rings. The number of nitrogens with one attached hydrogen (secondary N) is 2. The largest absolute Gasteiger partial charge is 0.417 e. The van der Waals surface area contributed by atoms with Crippen LogP contribution in [0.15, 0.2) is 53.7 Å². The molecule has 2 aromatic carbocycles. The highest BCUT2D eigenvalue weighted by molar-refractivity contribution is 7.92. The predicted octanol–water partition coefficient (Wildman–Crippen LogP) is 2.72. The third-order valence-corrected chi connectivity index (χ3v) is 8.68. The number of rotatable bonds is 5. The lowest BCUT2D eigenvalue weighted by molar-refractivity contribution is -0.139. The second-order valence-electron chi connectivity index (χ2n) is 8.83. The topological polar surface area (TPSA) is 117 Å². The Hall–Kier alpha value is -3.43. The molecule has 3 aromatic rings. The van der Waals surface area contributed by atoms with Gasteiger partial charge in [0.15, 0.2) is 9.84 Å². The molecule has 35 heavy (non-hydrogen) atoms. The summed E-state index contributed by atoms with van der Waals surface area (Å²) in [6, 6.07) is 11.1. The van der Waals surface area contributed by atoms with Gasteiger partial charge in [-0.25, -0.2) is 13.4 Å². The number of hydrogen-bond acceptors (Lipinski definition) is 6. The molecule has 182 valence electrons. The van der Waals surface area contributed by atoms with Crippen LogP contribution in [0, 0.1) is 11.3 Å². The maximum Gasteiger partial charge on any atom is 0.417 e. The Balaban J connectivity index is 1.46. The maximum atomic E-state index is 14.0. The number of benzene rings is 2. The summed E-state index contributed by atoms with van der Waals surface area (Å²) in [4.78, 5) is 15.8. The Labute approximate surface area is 198 Å². The molecular weight excluding hydrogens is 483 g/mol. The van der Waals surface area contributed by atoms with Crippen LogP contribution < -0.4 is 10.6 Å². The van der Waals surface area contributed by atoms with E-state index in [9.17, 15) is 26.4 Å². The summed E-state index contributed by atoms with van der Waals surface area (Å²) in [7, 11) is -4.43. The number of amides is 1. The van der Waals surface area contributed by atoms with Gasteiger partial charge < -0.3 is 10.6 Å². The second-order valence-corrected chi connectivity index (χ2v) is 11.0. The molecule has 1 aromatic heterocycles. The quantitative estimate of drug-likeness (QED) is 0.553. The highest BCUT2D eigenvalue weighted by atomic mass is 32.2. The number of carbonyl (C=O) groups excluding carboxylic acids is 1. The van der Waals surface area contributed by atoms with Crippen LogP contribution in [0.5, 0.6) is 0 Å². The number of imidazole rings is 1. The smallest absolute Gasteiger partial charge is 0.336 e. The minimum atomic E-state index is -4.93. The van der Waals surface area contributed by atoms with E-state index in [2.05, 4.69) is 15.6 Å². The summed E-state index contributed by atoms with van der Waals surface area (Å²) in [5.41, 5.74) is -0.911. The summed E-state index contributed by atoms with van der Waals surface area (Å²) in [5, 5.41) is 13.3. The molecule has 8 nitrogen and oxygen atoms in total. The summed E-state index contributed by atoms with van der Waals surface area (Å²) in [6.07, 6.45) is -2.72. The lowest BCUT2D eigenvalue weighted by Crippen LogP contribution is -2.45. The normalized spacial score (nSPS) is 21.5. The number of nitrogens with zero attached hydrogens (tertiary/aromatic N) is 3. The molecule has 2 N–H and O–H groups in total. The molecular formula is C23H20F3N5O3S. The fourth-order valence-electron chi connectivity index (χ4n) is 4.33. The van der Waals surface area contributed by atoms with Crippen LogP contribution in [0.2, 0.25) is 0 Å². The molecule has 1 aliphatic heterocycles. The van der Waals surface area contributed by atoms with Crippen LogP contribution in [0.1, 0.15) is 24.8 Å². The standard InChI is InChI=1S/C23H20F3N5O3S/c24-23(25,26)16-9-14(31-13-29-17-3-1-2-4-19(17)31)5-6-20(16)35(33,34)15-10-18(28-11-15)21(32)30-22(12-27)7-8-22/h1-6,9,13,15,18,28H,7-8,10-11H2,(H,30,32)/t15-,18+/m1/s1. The molecule has 0 spiro atoms. The van der Waals surface area contributed by atoms with Crippen LogP contribution in [-0.4, -0.2) is 47.3 Å². The van der Waals surface area contributed by atoms with E-state index in [0.717, 1.165) is 12.1 Å². The van der Waals surface area contributed by atoms with E-state index in [4.69, 9.17) is 5.26 Å². The number of fused-ring (bicyclic) bond motifs is 1. The van der Waals surface area contributed by atoms with Gasteiger partial charge in [0, 0.05) is 12.2 Å². The molecule has 5 rings (SSSR count). The number of nitriles is 1. The van der Waals surface area contributed by atoms with Crippen molar-refractivity contribution in [1.29, 1.82) is 5.26 Å². The SMILES string of the molecule is N#CC1(NC(=O)[C@@H]2C[C@@H](S(=O)(=O)c3ccc(-n4cnc5ccccc54)cc3C(F)(F)F)CN2)CC1. The fraction of sp³-hybridized carbons (Fsp3) is 0.348. The van der Waals surface area contributed by atoms with E-state index >= 15 is 0 Å². The molecule has 0 radical (unpaired) electrons. The molecule has 0 unspecified atom stereocenters. The number of carbonyl (C=O) groups is 1. The summed E-state index contributed by atoms with van der Waals surface area (Å²) in [6.45, 7) is -0.175. The summed E-state index contributed by atoms with van der Waals surface area (Å²) < 4.78 is 70.2. The molecule has 1 aliphatic carbocycles. The predicted molar refractivity (Wildman–Crippen MR) is 119 cm³/mol. The number of hydrogen-bond donors (Lipinski definition) is 2. The zero-order valence-corrected chi connectivity index (χ0v) is 19.0. The highest BCUT2D eigenvalue weighted by Crippen LogP contribution is 2.39. The van der Waals surface area contributed by atoms with Gasteiger partial charge in [-0.1, -0.05) is 12.1 Å². The molecule has 2 heterocycles. The van der Waals surface area contributed by atoms with Crippen molar-refractivity contribution in [3.05, 3.63) is 54.4 Å². The van der Waals surface area contributed by atoms with Gasteiger partial charge >= 0.3 is 6.18 Å². The van der Waals surface area contributed by atoms with Crippen LogP contribution in [0.25, 0.3) is 16.7 Å². The molecule has 1 saturated heterocycles. The van der Waals surface area contributed by atoms with E-state index in [0.29, 0.717) is 23.9 Å². The van der Waals surface area contributed by atoms with Crippen molar-refractivity contribution in [2.45, 2.75) is 47.2 Å². The maximum absolute atomic E-state index is 14.0. The zero-order valence-electron chi connectivity index (χ0n) is 18.2. The van der Waals surface area contributed by atoms with Crippen molar-refractivity contribution in [2.24, 2.45) is 0 Å². The van der Waals surface area contributed by atoms with Crippen molar-refractivity contribution >= 4 is 26.8 Å². The number of sulfone groups is 1. The Bertz CT molecular complexity index is 1470.